The van der Waals surface area contributed by atoms with E-state index in [0.29, 0.717) is 11.3 Å². The van der Waals surface area contributed by atoms with E-state index in [1.54, 1.807) is 0 Å². The molecule has 0 heterocycles. The largest absolute Gasteiger partial charge is 0.338 e. The van der Waals surface area contributed by atoms with Crippen LogP contribution in [0.2, 0.25) is 0 Å². The Morgan fingerprint density at radius 1 is 1.05 bits per heavy atom. The molecule has 0 saturated heterocycles. The molecule has 2 amide bonds. The molecule has 3 rings (SSSR count). The fourth-order valence-corrected chi connectivity index (χ4v) is 4.14. The summed E-state index contributed by atoms with van der Waals surface area (Å²) in [4.78, 5) is 11.9. The molecule has 0 aromatic carbocycles. The zero-order chi connectivity index (χ0) is 14.9. The number of hydrogen-bond donors (Lipinski definition) is 2. The lowest BCUT2D eigenvalue weighted by Gasteiger charge is -2.34. The van der Waals surface area contributed by atoms with Crippen LogP contribution in [0.3, 0.4) is 0 Å². The van der Waals surface area contributed by atoms with E-state index in [1.807, 2.05) is 0 Å². The summed E-state index contributed by atoms with van der Waals surface area (Å²) in [6, 6.07) is 0.0547. The Hall–Kier alpha value is -0.730. The normalized spacial score (nSPS) is 32.3. The SMILES string of the molecule is CC1(C)CCC(CNC(=O)NC[C@@H]2C[C@H]2C2CCC2)CC1. The summed E-state index contributed by atoms with van der Waals surface area (Å²) in [5.74, 6) is 3.38. The Kier molecular flexibility index (Phi) is 4.46. The average Bonchev–Trinajstić information content (AvgIpc) is 3.12. The molecule has 3 aliphatic carbocycles. The molecule has 3 saturated carbocycles. The van der Waals surface area contributed by atoms with Gasteiger partial charge >= 0.3 is 6.03 Å². The van der Waals surface area contributed by atoms with E-state index < -0.39 is 0 Å². The molecule has 0 aromatic rings. The maximum absolute atomic E-state index is 11.9. The number of amides is 2. The first-order valence-electron chi connectivity index (χ1n) is 9.05. The van der Waals surface area contributed by atoms with Gasteiger partial charge in [0.05, 0.1) is 0 Å². The minimum absolute atomic E-state index is 0.0547. The van der Waals surface area contributed by atoms with Gasteiger partial charge in [-0.25, -0.2) is 4.79 Å². The van der Waals surface area contributed by atoms with Crippen LogP contribution in [0.15, 0.2) is 0 Å². The zero-order valence-electron chi connectivity index (χ0n) is 13.8. The number of carbonyl (C=O) groups excluding carboxylic acids is 1. The summed E-state index contributed by atoms with van der Waals surface area (Å²) in [6.07, 6.45) is 10.8. The molecular formula is C18H32N2O. The Bertz CT molecular complexity index is 365. The standard InChI is InChI=1S/C18H32N2O/c1-18(2)8-6-13(7-9-18)11-19-17(21)20-12-15-10-16(15)14-4-3-5-14/h13-16H,3-12H2,1-2H3,(H2,19,20,21)/t15-,16-/m0/s1. The van der Waals surface area contributed by atoms with E-state index in [0.717, 1.165) is 30.8 Å². The number of carbonyl (C=O) groups is 1. The molecule has 0 aromatic heterocycles. The van der Waals surface area contributed by atoms with Crippen molar-refractivity contribution in [3.05, 3.63) is 0 Å². The Balaban J connectivity index is 1.25. The summed E-state index contributed by atoms with van der Waals surface area (Å²) >= 11 is 0. The molecule has 21 heavy (non-hydrogen) atoms. The van der Waals surface area contributed by atoms with Gasteiger partial charge in [-0.15, -0.1) is 0 Å². The highest BCUT2D eigenvalue weighted by molar-refractivity contribution is 5.73. The van der Waals surface area contributed by atoms with Crippen molar-refractivity contribution in [1.29, 1.82) is 0 Å². The molecule has 3 nitrogen and oxygen atoms in total. The molecule has 0 bridgehead atoms. The maximum Gasteiger partial charge on any atom is 0.314 e. The molecule has 0 aliphatic heterocycles. The minimum Gasteiger partial charge on any atom is -0.338 e. The van der Waals surface area contributed by atoms with Gasteiger partial charge in [0.25, 0.3) is 0 Å². The monoisotopic (exact) mass is 292 g/mol. The molecule has 2 atom stereocenters. The van der Waals surface area contributed by atoms with Gasteiger partial charge in [-0.05, 0) is 61.2 Å². The lowest BCUT2D eigenvalue weighted by atomic mass is 9.73. The molecule has 2 N–H and O–H groups in total. The highest BCUT2D eigenvalue weighted by Crippen LogP contribution is 2.51. The summed E-state index contributed by atoms with van der Waals surface area (Å²) in [6.45, 7) is 6.47. The quantitative estimate of drug-likeness (QED) is 0.792. The van der Waals surface area contributed by atoms with Crippen molar-refractivity contribution in [3.63, 3.8) is 0 Å². The third-order valence-corrected chi connectivity index (χ3v) is 6.27. The molecule has 0 unspecified atom stereocenters. The van der Waals surface area contributed by atoms with E-state index in [4.69, 9.17) is 0 Å². The predicted octanol–water partition coefficient (Wildman–Crippen LogP) is 3.94. The lowest BCUT2D eigenvalue weighted by molar-refractivity contribution is 0.187. The number of rotatable bonds is 5. The van der Waals surface area contributed by atoms with E-state index in [1.165, 1.54) is 51.4 Å². The molecule has 3 aliphatic rings. The van der Waals surface area contributed by atoms with Crippen LogP contribution >= 0.6 is 0 Å². The number of nitrogens with one attached hydrogen (secondary N) is 2. The van der Waals surface area contributed by atoms with Crippen molar-refractivity contribution in [2.24, 2.45) is 29.1 Å². The second-order valence-corrected chi connectivity index (χ2v) is 8.55. The first-order valence-corrected chi connectivity index (χ1v) is 9.05. The van der Waals surface area contributed by atoms with Gasteiger partial charge in [-0.1, -0.05) is 33.1 Å². The van der Waals surface area contributed by atoms with Crippen molar-refractivity contribution in [1.82, 2.24) is 10.6 Å². The van der Waals surface area contributed by atoms with Crippen LogP contribution in [0.25, 0.3) is 0 Å². The van der Waals surface area contributed by atoms with E-state index in [9.17, 15) is 4.79 Å². The summed E-state index contributed by atoms with van der Waals surface area (Å²) in [5, 5.41) is 6.17. The number of hydrogen-bond acceptors (Lipinski definition) is 1. The van der Waals surface area contributed by atoms with Gasteiger partial charge in [0, 0.05) is 13.1 Å². The Labute approximate surface area is 129 Å². The first kappa shape index (κ1) is 15.2. The van der Waals surface area contributed by atoms with Gasteiger partial charge < -0.3 is 10.6 Å². The highest BCUT2D eigenvalue weighted by atomic mass is 16.2. The van der Waals surface area contributed by atoms with Crippen LogP contribution in [-0.4, -0.2) is 19.1 Å². The van der Waals surface area contributed by atoms with Crippen LogP contribution in [0.4, 0.5) is 4.79 Å². The maximum atomic E-state index is 11.9. The van der Waals surface area contributed by atoms with E-state index >= 15 is 0 Å². The summed E-state index contributed by atoms with van der Waals surface area (Å²) in [7, 11) is 0. The fourth-order valence-electron chi connectivity index (χ4n) is 4.14. The second kappa shape index (κ2) is 6.18. The molecular weight excluding hydrogens is 260 g/mol. The van der Waals surface area contributed by atoms with Crippen LogP contribution in [-0.2, 0) is 0 Å². The molecule has 0 radical (unpaired) electrons. The van der Waals surface area contributed by atoms with Crippen LogP contribution < -0.4 is 10.6 Å². The molecule has 120 valence electrons. The van der Waals surface area contributed by atoms with Crippen LogP contribution in [0.1, 0.15) is 65.2 Å². The van der Waals surface area contributed by atoms with Gasteiger partial charge in [0.2, 0.25) is 0 Å². The zero-order valence-corrected chi connectivity index (χ0v) is 13.8. The summed E-state index contributed by atoms with van der Waals surface area (Å²) < 4.78 is 0. The lowest BCUT2D eigenvalue weighted by Crippen LogP contribution is -2.40. The molecule has 3 heteroatoms. The smallest absolute Gasteiger partial charge is 0.314 e. The van der Waals surface area contributed by atoms with Crippen molar-refractivity contribution in [3.8, 4) is 0 Å². The fraction of sp³-hybridized carbons (Fsp3) is 0.944. The molecule has 0 spiro atoms. The third kappa shape index (κ3) is 4.14. The van der Waals surface area contributed by atoms with Gasteiger partial charge in [-0.3, -0.25) is 0 Å². The Morgan fingerprint density at radius 3 is 2.33 bits per heavy atom. The van der Waals surface area contributed by atoms with Crippen LogP contribution in [0.5, 0.6) is 0 Å². The Morgan fingerprint density at radius 2 is 1.71 bits per heavy atom. The molecule has 3 fully saturated rings. The highest BCUT2D eigenvalue weighted by Gasteiger charge is 2.44. The predicted molar refractivity (Wildman–Crippen MR) is 86.1 cm³/mol. The van der Waals surface area contributed by atoms with Crippen LogP contribution in [0, 0.1) is 29.1 Å². The summed E-state index contributed by atoms with van der Waals surface area (Å²) in [5.41, 5.74) is 0.515. The topological polar surface area (TPSA) is 41.1 Å². The minimum atomic E-state index is 0.0547. The third-order valence-electron chi connectivity index (χ3n) is 6.27. The van der Waals surface area contributed by atoms with Gasteiger partial charge in [-0.2, -0.15) is 0 Å². The number of urea groups is 1. The van der Waals surface area contributed by atoms with Crippen molar-refractivity contribution < 1.29 is 4.79 Å². The van der Waals surface area contributed by atoms with Crippen molar-refractivity contribution in [2.45, 2.75) is 65.2 Å². The van der Waals surface area contributed by atoms with E-state index in [-0.39, 0.29) is 6.03 Å². The average molecular weight is 292 g/mol. The van der Waals surface area contributed by atoms with Crippen molar-refractivity contribution >= 4 is 6.03 Å². The second-order valence-electron chi connectivity index (χ2n) is 8.55. The van der Waals surface area contributed by atoms with Crippen molar-refractivity contribution in [2.75, 3.05) is 13.1 Å². The van der Waals surface area contributed by atoms with Gasteiger partial charge in [0.1, 0.15) is 0 Å². The van der Waals surface area contributed by atoms with E-state index in [2.05, 4.69) is 24.5 Å². The first-order chi connectivity index (χ1) is 10.0. The van der Waals surface area contributed by atoms with Gasteiger partial charge in [0.15, 0.2) is 0 Å².